The summed E-state index contributed by atoms with van der Waals surface area (Å²) in [5, 5.41) is 2.95. The van der Waals surface area contributed by atoms with E-state index in [1.807, 2.05) is 50.2 Å². The molecule has 0 aliphatic heterocycles. The maximum atomic E-state index is 12.7. The van der Waals surface area contributed by atoms with Crippen LogP contribution in [0.15, 0.2) is 69.9 Å². The highest BCUT2D eigenvalue weighted by molar-refractivity contribution is 5.88. The van der Waals surface area contributed by atoms with Crippen molar-refractivity contribution in [3.8, 4) is 11.3 Å². The maximum absolute atomic E-state index is 12.7. The molecule has 4 aromatic rings. The van der Waals surface area contributed by atoms with Gasteiger partial charge in [-0.3, -0.25) is 4.79 Å². The summed E-state index contributed by atoms with van der Waals surface area (Å²) >= 11 is 0. The first-order valence-corrected chi connectivity index (χ1v) is 7.67. The summed E-state index contributed by atoms with van der Waals surface area (Å²) in [7, 11) is 0. The Morgan fingerprint density at radius 3 is 2.43 bits per heavy atom. The van der Waals surface area contributed by atoms with Gasteiger partial charge in [0.25, 0.3) is 0 Å². The lowest BCUT2D eigenvalue weighted by Crippen LogP contribution is -2.07. The van der Waals surface area contributed by atoms with Crippen LogP contribution in [-0.2, 0) is 0 Å². The van der Waals surface area contributed by atoms with E-state index in [-0.39, 0.29) is 5.43 Å². The molecular weight excluding hydrogens is 284 g/mol. The minimum absolute atomic E-state index is 0.0399. The van der Waals surface area contributed by atoms with Crippen LogP contribution in [0.25, 0.3) is 33.1 Å². The number of aryl methyl sites for hydroxylation is 1. The molecule has 4 rings (SSSR count). The van der Waals surface area contributed by atoms with Crippen LogP contribution < -0.4 is 5.43 Å². The number of hydrogen-bond acceptors (Lipinski definition) is 2. The topological polar surface area (TPSA) is 30.2 Å². The number of fused-ring (bicyclic) bond motifs is 2. The van der Waals surface area contributed by atoms with E-state index in [4.69, 9.17) is 4.42 Å². The van der Waals surface area contributed by atoms with E-state index in [9.17, 15) is 4.79 Å². The fourth-order valence-electron chi connectivity index (χ4n) is 3.01. The second-order valence-electron chi connectivity index (χ2n) is 5.95. The van der Waals surface area contributed by atoms with E-state index >= 15 is 0 Å². The molecule has 2 heteroatoms. The van der Waals surface area contributed by atoms with Crippen molar-refractivity contribution in [2.45, 2.75) is 13.8 Å². The van der Waals surface area contributed by atoms with Gasteiger partial charge in [-0.15, -0.1) is 0 Å². The van der Waals surface area contributed by atoms with Gasteiger partial charge >= 0.3 is 0 Å². The average Bonchev–Trinajstić information content (AvgIpc) is 2.58. The number of benzene rings is 3. The Bertz CT molecular complexity index is 1100. The quantitative estimate of drug-likeness (QED) is 0.482. The van der Waals surface area contributed by atoms with Crippen molar-refractivity contribution >= 4 is 21.7 Å². The SMILES string of the molecule is Cc1ccc2oc(-c3ccc4ccccc4c3)c(C)c(=O)c2c1. The zero-order chi connectivity index (χ0) is 16.0. The summed E-state index contributed by atoms with van der Waals surface area (Å²) in [5.41, 5.74) is 3.31. The molecule has 0 saturated carbocycles. The van der Waals surface area contributed by atoms with E-state index in [2.05, 4.69) is 24.3 Å². The van der Waals surface area contributed by atoms with Gasteiger partial charge in [0.05, 0.1) is 5.39 Å². The van der Waals surface area contributed by atoms with Crippen LogP contribution in [0.4, 0.5) is 0 Å². The smallest absolute Gasteiger partial charge is 0.196 e. The first-order chi connectivity index (χ1) is 11.1. The first-order valence-electron chi connectivity index (χ1n) is 7.67. The third kappa shape index (κ3) is 2.23. The molecule has 0 radical (unpaired) electrons. The summed E-state index contributed by atoms with van der Waals surface area (Å²) in [6, 6.07) is 20.0. The van der Waals surface area contributed by atoms with Crippen molar-refractivity contribution < 1.29 is 4.42 Å². The highest BCUT2D eigenvalue weighted by Gasteiger charge is 2.13. The highest BCUT2D eigenvalue weighted by Crippen LogP contribution is 2.28. The van der Waals surface area contributed by atoms with Crippen LogP contribution in [0, 0.1) is 13.8 Å². The molecule has 0 aliphatic carbocycles. The van der Waals surface area contributed by atoms with Gasteiger partial charge in [0, 0.05) is 11.1 Å². The van der Waals surface area contributed by atoms with Gasteiger partial charge in [-0.05, 0) is 42.8 Å². The average molecular weight is 300 g/mol. The Balaban J connectivity index is 2.02. The Hall–Kier alpha value is -2.87. The van der Waals surface area contributed by atoms with Crippen LogP contribution in [0.3, 0.4) is 0 Å². The number of rotatable bonds is 1. The third-order valence-electron chi connectivity index (χ3n) is 4.28. The lowest BCUT2D eigenvalue weighted by Gasteiger charge is -2.08. The molecular formula is C21H16O2. The second kappa shape index (κ2) is 5.10. The summed E-state index contributed by atoms with van der Waals surface area (Å²) in [6.07, 6.45) is 0. The van der Waals surface area contributed by atoms with E-state index in [0.29, 0.717) is 22.3 Å². The van der Waals surface area contributed by atoms with E-state index < -0.39 is 0 Å². The molecule has 1 aromatic heterocycles. The van der Waals surface area contributed by atoms with Gasteiger partial charge in [-0.25, -0.2) is 0 Å². The lowest BCUT2D eigenvalue weighted by atomic mass is 10.0. The predicted molar refractivity (Wildman–Crippen MR) is 94.9 cm³/mol. The highest BCUT2D eigenvalue weighted by atomic mass is 16.3. The first kappa shape index (κ1) is 13.8. The van der Waals surface area contributed by atoms with Crippen LogP contribution >= 0.6 is 0 Å². The molecule has 3 aromatic carbocycles. The van der Waals surface area contributed by atoms with Crippen LogP contribution in [0.1, 0.15) is 11.1 Å². The summed E-state index contributed by atoms with van der Waals surface area (Å²) < 4.78 is 6.06. The molecule has 0 saturated heterocycles. The molecule has 112 valence electrons. The Morgan fingerprint density at radius 1 is 0.826 bits per heavy atom. The van der Waals surface area contributed by atoms with Crippen molar-refractivity contribution in [1.29, 1.82) is 0 Å². The fraction of sp³-hybridized carbons (Fsp3) is 0.0952. The van der Waals surface area contributed by atoms with Crippen molar-refractivity contribution in [3.05, 3.63) is 82.0 Å². The fourth-order valence-corrected chi connectivity index (χ4v) is 3.01. The van der Waals surface area contributed by atoms with Crippen molar-refractivity contribution in [1.82, 2.24) is 0 Å². The van der Waals surface area contributed by atoms with Gasteiger partial charge < -0.3 is 4.42 Å². The largest absolute Gasteiger partial charge is 0.456 e. The molecule has 0 N–H and O–H groups in total. The van der Waals surface area contributed by atoms with Crippen molar-refractivity contribution in [2.75, 3.05) is 0 Å². The van der Waals surface area contributed by atoms with Crippen LogP contribution in [-0.4, -0.2) is 0 Å². The van der Waals surface area contributed by atoms with Gasteiger partial charge in [0.2, 0.25) is 0 Å². The third-order valence-corrected chi connectivity index (χ3v) is 4.28. The molecule has 1 heterocycles. The van der Waals surface area contributed by atoms with E-state index in [1.54, 1.807) is 0 Å². The predicted octanol–water partition coefficient (Wildman–Crippen LogP) is 5.23. The van der Waals surface area contributed by atoms with Crippen molar-refractivity contribution in [2.24, 2.45) is 0 Å². The molecule has 0 fully saturated rings. The van der Waals surface area contributed by atoms with Crippen LogP contribution in [0.2, 0.25) is 0 Å². The normalized spacial score (nSPS) is 11.2. The van der Waals surface area contributed by atoms with Crippen molar-refractivity contribution in [3.63, 3.8) is 0 Å². The monoisotopic (exact) mass is 300 g/mol. The molecule has 0 amide bonds. The van der Waals surface area contributed by atoms with E-state index in [1.165, 1.54) is 5.39 Å². The minimum atomic E-state index is 0.0399. The molecule has 0 bridgehead atoms. The lowest BCUT2D eigenvalue weighted by molar-refractivity contribution is 0.614. The molecule has 23 heavy (non-hydrogen) atoms. The number of hydrogen-bond donors (Lipinski definition) is 0. The zero-order valence-corrected chi connectivity index (χ0v) is 13.1. The standard InChI is InChI=1S/C21H16O2/c1-13-7-10-19-18(11-13)20(22)14(2)21(23-19)17-9-8-15-5-3-4-6-16(15)12-17/h3-12H,1-2H3. The Kier molecular flexibility index (Phi) is 3.05. The van der Waals surface area contributed by atoms with Gasteiger partial charge in [0.1, 0.15) is 11.3 Å². The van der Waals surface area contributed by atoms with Crippen LogP contribution in [0.5, 0.6) is 0 Å². The molecule has 0 unspecified atom stereocenters. The molecule has 2 nitrogen and oxygen atoms in total. The van der Waals surface area contributed by atoms with Gasteiger partial charge in [-0.1, -0.05) is 48.0 Å². The molecule has 0 spiro atoms. The molecule has 0 aliphatic rings. The Morgan fingerprint density at radius 2 is 1.61 bits per heavy atom. The maximum Gasteiger partial charge on any atom is 0.196 e. The summed E-state index contributed by atoms with van der Waals surface area (Å²) in [4.78, 5) is 12.7. The van der Waals surface area contributed by atoms with E-state index in [0.717, 1.165) is 16.5 Å². The minimum Gasteiger partial charge on any atom is -0.456 e. The second-order valence-corrected chi connectivity index (χ2v) is 5.95. The summed E-state index contributed by atoms with van der Waals surface area (Å²) in [6.45, 7) is 3.81. The zero-order valence-electron chi connectivity index (χ0n) is 13.1. The van der Waals surface area contributed by atoms with Gasteiger partial charge in [0.15, 0.2) is 5.43 Å². The Labute approximate surface area is 134 Å². The molecule has 0 atom stereocenters. The van der Waals surface area contributed by atoms with Gasteiger partial charge in [-0.2, -0.15) is 0 Å². The summed E-state index contributed by atoms with van der Waals surface area (Å²) in [5.74, 6) is 0.650.